The first kappa shape index (κ1) is 23.1. The van der Waals surface area contributed by atoms with Crippen LogP contribution in [0.2, 0.25) is 10.2 Å². The van der Waals surface area contributed by atoms with Crippen LogP contribution in [0.1, 0.15) is 36.8 Å². The molecule has 0 aliphatic rings. The van der Waals surface area contributed by atoms with Crippen LogP contribution in [0.4, 0.5) is 10.2 Å². The van der Waals surface area contributed by atoms with Gasteiger partial charge in [0.05, 0.1) is 29.9 Å². The Morgan fingerprint density at radius 3 is 2.70 bits per heavy atom. The van der Waals surface area contributed by atoms with Crippen molar-refractivity contribution in [1.82, 2.24) is 19.4 Å². The topological polar surface area (TPSA) is 87.6 Å². The summed E-state index contributed by atoms with van der Waals surface area (Å²) in [5.41, 5.74) is 8.46. The van der Waals surface area contributed by atoms with E-state index in [4.69, 9.17) is 38.4 Å². The molecule has 33 heavy (non-hydrogen) atoms. The minimum absolute atomic E-state index is 0.0638. The normalized spacial score (nSPS) is 12.2. The Morgan fingerprint density at radius 2 is 2.00 bits per heavy atom. The molecule has 0 radical (unpaired) electrons. The Hall–Kier alpha value is -3.10. The molecule has 0 saturated heterocycles. The highest BCUT2D eigenvalue weighted by Crippen LogP contribution is 2.46. The number of pyridine rings is 1. The van der Waals surface area contributed by atoms with E-state index in [1.165, 1.54) is 7.11 Å². The zero-order valence-electron chi connectivity index (χ0n) is 18.5. The highest BCUT2D eigenvalue weighted by atomic mass is 35.5. The number of halogens is 3. The predicted octanol–water partition coefficient (Wildman–Crippen LogP) is 5.69. The van der Waals surface area contributed by atoms with Gasteiger partial charge in [-0.1, -0.05) is 30.1 Å². The van der Waals surface area contributed by atoms with Crippen LogP contribution in [0, 0.1) is 12.7 Å². The van der Waals surface area contributed by atoms with Crippen molar-refractivity contribution in [3.05, 3.63) is 63.7 Å². The second-order valence-electron chi connectivity index (χ2n) is 7.42. The van der Waals surface area contributed by atoms with E-state index in [9.17, 15) is 0 Å². The summed E-state index contributed by atoms with van der Waals surface area (Å²) in [6.45, 7) is 5.85. The number of methoxy groups -OCH3 is 1. The Bertz CT molecular complexity index is 1360. The van der Waals surface area contributed by atoms with E-state index in [0.717, 1.165) is 5.69 Å². The highest BCUT2D eigenvalue weighted by Gasteiger charge is 2.28. The van der Waals surface area contributed by atoms with Crippen molar-refractivity contribution in [2.75, 3.05) is 19.5 Å². The molecule has 1 aromatic carbocycles. The third-order valence-corrected chi connectivity index (χ3v) is 5.91. The van der Waals surface area contributed by atoms with Gasteiger partial charge in [-0.25, -0.2) is 19.3 Å². The summed E-state index contributed by atoms with van der Waals surface area (Å²) in [4.78, 5) is 13.0. The molecule has 0 saturated carbocycles. The molecule has 172 valence electrons. The molecule has 7 nitrogen and oxygen atoms in total. The van der Waals surface area contributed by atoms with Crippen LogP contribution in [-0.4, -0.2) is 33.1 Å². The van der Waals surface area contributed by atoms with Crippen molar-refractivity contribution < 1.29 is 13.9 Å². The predicted molar refractivity (Wildman–Crippen MR) is 127 cm³/mol. The molecular formula is C23H22Cl2FN5O2. The molecule has 1 atom stereocenters. The fourth-order valence-corrected chi connectivity index (χ4v) is 4.34. The number of imidazole rings is 1. The number of fused-ring (bicyclic) bond motifs is 1. The first-order valence-corrected chi connectivity index (χ1v) is 11.0. The lowest BCUT2D eigenvalue weighted by Crippen LogP contribution is -2.09. The van der Waals surface area contributed by atoms with Gasteiger partial charge in [-0.2, -0.15) is 0 Å². The van der Waals surface area contributed by atoms with Crippen molar-refractivity contribution in [1.29, 1.82) is 0 Å². The molecule has 10 heteroatoms. The van der Waals surface area contributed by atoms with Crippen molar-refractivity contribution >= 4 is 34.5 Å². The van der Waals surface area contributed by atoms with Gasteiger partial charge in [-0.05, 0) is 32.0 Å². The first-order valence-electron chi connectivity index (χ1n) is 10.2. The smallest absolute Gasteiger partial charge is 0.221 e. The lowest BCUT2D eigenvalue weighted by Gasteiger charge is -2.21. The van der Waals surface area contributed by atoms with Crippen LogP contribution in [0.15, 0.2) is 30.6 Å². The monoisotopic (exact) mass is 489 g/mol. The Balaban J connectivity index is 2.00. The number of ether oxygens (including phenoxy) is 2. The zero-order valence-corrected chi connectivity index (χ0v) is 20.0. The summed E-state index contributed by atoms with van der Waals surface area (Å²) in [5.74, 6) is 0.406. The van der Waals surface area contributed by atoms with E-state index in [1.54, 1.807) is 35.0 Å². The minimum atomic E-state index is -0.625. The molecule has 2 N–H and O–H groups in total. The summed E-state index contributed by atoms with van der Waals surface area (Å²) in [6, 6.07) is 5.05. The maximum Gasteiger partial charge on any atom is 0.221 e. The van der Waals surface area contributed by atoms with Gasteiger partial charge in [-0.3, -0.25) is 4.40 Å². The second kappa shape index (κ2) is 9.03. The summed E-state index contributed by atoms with van der Waals surface area (Å²) in [7, 11) is 1.48. The Kier molecular flexibility index (Phi) is 6.32. The SMILES string of the molecule is CCOc1c([C@@H](C)c2nc(Cl)c3c(N)nccn23)cc(Cl)c(F)c1-c1ccc(C)nc1OC. The van der Waals surface area contributed by atoms with E-state index in [2.05, 4.69) is 15.0 Å². The van der Waals surface area contributed by atoms with Crippen LogP contribution >= 0.6 is 23.2 Å². The Labute approximate surface area is 200 Å². The Morgan fingerprint density at radius 1 is 1.24 bits per heavy atom. The number of hydrogen-bond acceptors (Lipinski definition) is 6. The third-order valence-electron chi connectivity index (χ3n) is 5.37. The largest absolute Gasteiger partial charge is 0.493 e. The van der Waals surface area contributed by atoms with Gasteiger partial charge in [0.25, 0.3) is 0 Å². The van der Waals surface area contributed by atoms with Gasteiger partial charge in [0.1, 0.15) is 17.1 Å². The lowest BCUT2D eigenvalue weighted by molar-refractivity contribution is 0.334. The third kappa shape index (κ3) is 3.94. The summed E-state index contributed by atoms with van der Waals surface area (Å²) in [5, 5.41) is 0.157. The maximum absolute atomic E-state index is 15.5. The number of benzene rings is 1. The lowest BCUT2D eigenvalue weighted by atomic mass is 9.93. The van der Waals surface area contributed by atoms with Crippen LogP contribution in [0.3, 0.4) is 0 Å². The van der Waals surface area contributed by atoms with Crippen molar-refractivity contribution in [2.45, 2.75) is 26.7 Å². The zero-order chi connectivity index (χ0) is 23.9. The number of hydrogen-bond donors (Lipinski definition) is 1. The summed E-state index contributed by atoms with van der Waals surface area (Å²) < 4.78 is 28.7. The van der Waals surface area contributed by atoms with Gasteiger partial charge >= 0.3 is 0 Å². The number of rotatable bonds is 6. The second-order valence-corrected chi connectivity index (χ2v) is 8.19. The molecule has 3 heterocycles. The number of nitrogen functional groups attached to an aromatic ring is 1. The number of nitrogens with zero attached hydrogens (tertiary/aromatic N) is 4. The van der Waals surface area contributed by atoms with Gasteiger partial charge in [0.2, 0.25) is 5.88 Å². The van der Waals surface area contributed by atoms with Crippen LogP contribution in [0.25, 0.3) is 16.6 Å². The van der Waals surface area contributed by atoms with Crippen molar-refractivity contribution in [3.63, 3.8) is 0 Å². The summed E-state index contributed by atoms with van der Waals surface area (Å²) >= 11 is 12.7. The number of nitrogens with two attached hydrogens (primary N) is 1. The molecule has 0 aliphatic heterocycles. The summed E-state index contributed by atoms with van der Waals surface area (Å²) in [6.07, 6.45) is 3.28. The quantitative estimate of drug-likeness (QED) is 0.374. The van der Waals surface area contributed by atoms with Gasteiger partial charge < -0.3 is 15.2 Å². The molecule has 4 aromatic rings. The van der Waals surface area contributed by atoms with E-state index >= 15 is 4.39 Å². The fourth-order valence-electron chi connectivity index (χ4n) is 3.86. The standard InChI is InChI=1S/C23H22Cl2FN5O2/c1-5-33-19-14(12(3)22-30-20(25)18-21(27)28-8-9-31(18)22)10-15(24)17(26)16(19)13-7-6-11(2)29-23(13)32-4/h6-10,12H,5H2,1-4H3,(H2,27,28)/t12-/m1/s1. The molecule has 0 amide bonds. The van der Waals surface area contributed by atoms with E-state index in [1.807, 2.05) is 20.8 Å². The molecule has 0 aliphatic carbocycles. The van der Waals surface area contributed by atoms with E-state index < -0.39 is 11.7 Å². The first-order chi connectivity index (χ1) is 15.8. The molecule has 0 unspecified atom stereocenters. The van der Waals surface area contributed by atoms with Gasteiger partial charge in [0, 0.05) is 29.6 Å². The van der Waals surface area contributed by atoms with Crippen LogP contribution in [-0.2, 0) is 0 Å². The van der Waals surface area contributed by atoms with E-state index in [0.29, 0.717) is 34.8 Å². The number of aromatic nitrogens is 4. The van der Waals surface area contributed by atoms with Crippen molar-refractivity contribution in [2.24, 2.45) is 0 Å². The number of aryl methyl sites for hydroxylation is 1. The molecule has 4 rings (SSSR count). The fraction of sp³-hybridized carbons (Fsp3) is 0.261. The average Bonchev–Trinajstić information content (AvgIpc) is 3.14. The highest BCUT2D eigenvalue weighted by molar-refractivity contribution is 6.33. The maximum atomic E-state index is 15.5. The molecule has 0 fully saturated rings. The molecule has 0 spiro atoms. The van der Waals surface area contributed by atoms with Gasteiger partial charge in [0.15, 0.2) is 16.8 Å². The molecular weight excluding hydrogens is 468 g/mol. The number of anilines is 1. The van der Waals surface area contributed by atoms with Crippen LogP contribution < -0.4 is 15.2 Å². The van der Waals surface area contributed by atoms with E-state index in [-0.39, 0.29) is 27.4 Å². The average molecular weight is 490 g/mol. The molecule has 0 bridgehead atoms. The molecule has 3 aromatic heterocycles. The minimum Gasteiger partial charge on any atom is -0.493 e. The van der Waals surface area contributed by atoms with Crippen LogP contribution in [0.5, 0.6) is 11.6 Å². The van der Waals surface area contributed by atoms with Crippen molar-refractivity contribution in [3.8, 4) is 22.8 Å². The van der Waals surface area contributed by atoms with Gasteiger partial charge in [-0.15, -0.1) is 0 Å².